The van der Waals surface area contributed by atoms with Crippen molar-refractivity contribution in [3.63, 3.8) is 0 Å². The van der Waals surface area contributed by atoms with Crippen molar-refractivity contribution in [1.29, 1.82) is 0 Å². The average Bonchev–Trinajstić information content (AvgIpc) is 2.82. The Morgan fingerprint density at radius 2 is 1.84 bits per heavy atom. The Morgan fingerprint density at radius 3 is 2.32 bits per heavy atom. The molecule has 1 aliphatic carbocycles. The van der Waals surface area contributed by atoms with E-state index in [9.17, 15) is 18.7 Å². The van der Waals surface area contributed by atoms with E-state index in [1.54, 1.807) is 0 Å². The van der Waals surface area contributed by atoms with Gasteiger partial charge in [-0.3, -0.25) is 4.79 Å². The summed E-state index contributed by atoms with van der Waals surface area (Å²) in [5.74, 6) is -2.98. The zero-order chi connectivity index (χ0) is 14.2. The molecule has 19 heavy (non-hydrogen) atoms. The van der Waals surface area contributed by atoms with Crippen LogP contribution in [0.1, 0.15) is 56.6 Å². The van der Waals surface area contributed by atoms with Crippen molar-refractivity contribution in [3.8, 4) is 0 Å². The van der Waals surface area contributed by atoms with Gasteiger partial charge in [0.15, 0.2) is 11.6 Å². The Bertz CT molecular complexity index is 503. The minimum Gasteiger partial charge on any atom is -0.481 e. The van der Waals surface area contributed by atoms with Crippen LogP contribution in [-0.4, -0.2) is 11.1 Å². The predicted molar refractivity (Wildman–Crippen MR) is 68.2 cm³/mol. The second-order valence-electron chi connectivity index (χ2n) is 5.61. The molecule has 0 radical (unpaired) electrons. The number of carbonyl (C=O) groups is 1. The van der Waals surface area contributed by atoms with Gasteiger partial charge < -0.3 is 5.11 Å². The molecule has 0 bridgehead atoms. The molecule has 0 heterocycles. The van der Waals surface area contributed by atoms with Gasteiger partial charge in [0.2, 0.25) is 0 Å². The molecule has 0 aliphatic heterocycles. The van der Waals surface area contributed by atoms with E-state index < -0.39 is 23.0 Å². The van der Waals surface area contributed by atoms with Crippen molar-refractivity contribution < 1.29 is 18.7 Å². The number of rotatable bonds is 3. The zero-order valence-electron chi connectivity index (χ0n) is 11.2. The van der Waals surface area contributed by atoms with Gasteiger partial charge in [0.25, 0.3) is 0 Å². The lowest BCUT2D eigenvalue weighted by Crippen LogP contribution is -2.34. The van der Waals surface area contributed by atoms with E-state index in [4.69, 9.17) is 0 Å². The normalized spacial score (nSPS) is 17.9. The van der Waals surface area contributed by atoms with E-state index in [-0.39, 0.29) is 11.5 Å². The molecular weight excluding hydrogens is 250 g/mol. The number of carboxylic acids is 1. The van der Waals surface area contributed by atoms with Crippen molar-refractivity contribution in [2.75, 3.05) is 0 Å². The Labute approximate surface area is 111 Å². The smallest absolute Gasteiger partial charge is 0.314 e. The monoisotopic (exact) mass is 268 g/mol. The van der Waals surface area contributed by atoms with Gasteiger partial charge in [-0.25, -0.2) is 8.78 Å². The van der Waals surface area contributed by atoms with Gasteiger partial charge in [0.05, 0.1) is 5.41 Å². The van der Waals surface area contributed by atoms with Crippen LogP contribution in [0.2, 0.25) is 0 Å². The molecule has 0 saturated heterocycles. The molecule has 0 atom stereocenters. The summed E-state index contributed by atoms with van der Waals surface area (Å²) in [6.45, 7) is 3.75. The number of aliphatic carboxylic acids is 1. The summed E-state index contributed by atoms with van der Waals surface area (Å²) in [4.78, 5) is 11.6. The molecule has 2 rings (SSSR count). The van der Waals surface area contributed by atoms with Gasteiger partial charge in [0.1, 0.15) is 0 Å². The summed E-state index contributed by atoms with van der Waals surface area (Å²) in [7, 11) is 0. The number of benzene rings is 1. The maximum absolute atomic E-state index is 14.1. The quantitative estimate of drug-likeness (QED) is 0.900. The van der Waals surface area contributed by atoms with Crippen molar-refractivity contribution in [3.05, 3.63) is 34.9 Å². The predicted octanol–water partition coefficient (Wildman–Crippen LogP) is 3.98. The second-order valence-corrected chi connectivity index (χ2v) is 5.61. The van der Waals surface area contributed by atoms with Gasteiger partial charge in [-0.1, -0.05) is 32.8 Å². The van der Waals surface area contributed by atoms with Crippen molar-refractivity contribution in [2.45, 2.75) is 50.9 Å². The van der Waals surface area contributed by atoms with Crippen LogP contribution >= 0.6 is 0 Å². The zero-order valence-corrected chi connectivity index (χ0v) is 11.2. The third-order valence-electron chi connectivity index (χ3n) is 4.10. The third-order valence-corrected chi connectivity index (χ3v) is 4.10. The number of hydrogen-bond acceptors (Lipinski definition) is 1. The van der Waals surface area contributed by atoms with Crippen LogP contribution in [0.5, 0.6) is 0 Å². The molecule has 4 heteroatoms. The first-order valence-corrected chi connectivity index (χ1v) is 6.61. The van der Waals surface area contributed by atoms with E-state index in [1.807, 2.05) is 13.8 Å². The molecule has 0 spiro atoms. The lowest BCUT2D eigenvalue weighted by Gasteiger charge is -2.26. The molecule has 0 unspecified atom stereocenters. The van der Waals surface area contributed by atoms with E-state index in [1.165, 1.54) is 6.07 Å². The van der Waals surface area contributed by atoms with Gasteiger partial charge in [0, 0.05) is 5.56 Å². The molecule has 1 saturated carbocycles. The van der Waals surface area contributed by atoms with Crippen molar-refractivity contribution in [2.24, 2.45) is 0 Å². The molecule has 1 N–H and O–H groups in total. The SMILES string of the molecule is CC(C)c1cc(F)c(F)c(C2(C(=O)O)CCCC2)c1. The van der Waals surface area contributed by atoms with Gasteiger partial charge in [-0.2, -0.15) is 0 Å². The second kappa shape index (κ2) is 4.91. The maximum atomic E-state index is 14.1. The highest BCUT2D eigenvalue weighted by Crippen LogP contribution is 2.43. The summed E-state index contributed by atoms with van der Waals surface area (Å²) in [6, 6.07) is 2.69. The van der Waals surface area contributed by atoms with Gasteiger partial charge in [-0.05, 0) is 30.4 Å². The first kappa shape index (κ1) is 14.0. The standard InChI is InChI=1S/C15H18F2O2/c1-9(2)10-7-11(13(17)12(16)8-10)15(14(18)19)5-3-4-6-15/h7-9H,3-6H2,1-2H3,(H,18,19). The lowest BCUT2D eigenvalue weighted by molar-refractivity contribution is -0.143. The van der Waals surface area contributed by atoms with Crippen LogP contribution in [0.25, 0.3) is 0 Å². The van der Waals surface area contributed by atoms with Crippen LogP contribution in [0, 0.1) is 11.6 Å². The van der Waals surface area contributed by atoms with E-state index in [0.29, 0.717) is 18.4 Å². The van der Waals surface area contributed by atoms with E-state index in [2.05, 4.69) is 0 Å². The fourth-order valence-electron chi connectivity index (χ4n) is 2.87. The van der Waals surface area contributed by atoms with Crippen molar-refractivity contribution >= 4 is 5.97 Å². The summed E-state index contributed by atoms with van der Waals surface area (Å²) in [5.41, 5.74) is -0.599. The molecule has 0 amide bonds. The molecule has 0 aromatic heterocycles. The highest BCUT2D eigenvalue weighted by atomic mass is 19.2. The number of halogens is 2. The fourth-order valence-corrected chi connectivity index (χ4v) is 2.87. The highest BCUT2D eigenvalue weighted by molar-refractivity contribution is 5.82. The van der Waals surface area contributed by atoms with Crippen LogP contribution in [0.15, 0.2) is 12.1 Å². The largest absolute Gasteiger partial charge is 0.481 e. The van der Waals surface area contributed by atoms with E-state index >= 15 is 0 Å². The van der Waals surface area contributed by atoms with Crippen LogP contribution in [-0.2, 0) is 10.2 Å². The number of carboxylic acid groups (broad SMARTS) is 1. The van der Waals surface area contributed by atoms with Gasteiger partial charge >= 0.3 is 5.97 Å². The molecule has 1 aliphatic rings. The number of hydrogen-bond donors (Lipinski definition) is 1. The Balaban J connectivity index is 2.63. The molecule has 1 fully saturated rings. The molecule has 104 valence electrons. The van der Waals surface area contributed by atoms with E-state index in [0.717, 1.165) is 18.9 Å². The third kappa shape index (κ3) is 2.24. The first-order chi connectivity index (χ1) is 8.88. The highest BCUT2D eigenvalue weighted by Gasteiger charge is 2.45. The maximum Gasteiger partial charge on any atom is 0.314 e. The van der Waals surface area contributed by atoms with Crippen molar-refractivity contribution in [1.82, 2.24) is 0 Å². The van der Waals surface area contributed by atoms with Crippen LogP contribution < -0.4 is 0 Å². The Morgan fingerprint density at radius 1 is 1.26 bits per heavy atom. The average molecular weight is 268 g/mol. The molecular formula is C15H18F2O2. The van der Waals surface area contributed by atoms with Crippen LogP contribution in [0.3, 0.4) is 0 Å². The molecule has 1 aromatic carbocycles. The summed E-state index contributed by atoms with van der Waals surface area (Å²) in [6.07, 6.45) is 2.22. The summed E-state index contributed by atoms with van der Waals surface area (Å²) < 4.78 is 27.8. The topological polar surface area (TPSA) is 37.3 Å². The Hall–Kier alpha value is -1.45. The fraction of sp³-hybridized carbons (Fsp3) is 0.533. The van der Waals surface area contributed by atoms with Crippen LogP contribution in [0.4, 0.5) is 8.78 Å². The summed E-state index contributed by atoms with van der Waals surface area (Å²) in [5, 5.41) is 9.47. The minimum absolute atomic E-state index is 0.0150. The summed E-state index contributed by atoms with van der Waals surface area (Å²) >= 11 is 0. The van der Waals surface area contributed by atoms with Gasteiger partial charge in [-0.15, -0.1) is 0 Å². The molecule has 1 aromatic rings. The molecule has 2 nitrogen and oxygen atoms in total. The lowest BCUT2D eigenvalue weighted by atomic mass is 9.77. The first-order valence-electron chi connectivity index (χ1n) is 6.61. The Kier molecular flexibility index (Phi) is 3.61. The minimum atomic E-state index is -1.25.